The van der Waals surface area contributed by atoms with Gasteiger partial charge in [0, 0.05) is 18.5 Å². The number of benzene rings is 1. The fourth-order valence-corrected chi connectivity index (χ4v) is 2.44. The van der Waals surface area contributed by atoms with Crippen molar-refractivity contribution in [3.63, 3.8) is 0 Å². The zero-order chi connectivity index (χ0) is 15.1. The number of carbonyl (C=O) groups excluding carboxylic acids is 1. The number of hydrogen-bond donors (Lipinski definition) is 2. The number of hydrogen-bond acceptors (Lipinski definition) is 3. The lowest BCUT2D eigenvalue weighted by Crippen LogP contribution is -2.34. The van der Waals surface area contributed by atoms with E-state index < -0.39 is 0 Å². The van der Waals surface area contributed by atoms with Crippen LogP contribution in [0.1, 0.15) is 43.1 Å². The number of aliphatic hydroxyl groups excluding tert-OH is 1. The van der Waals surface area contributed by atoms with Gasteiger partial charge in [0.05, 0.1) is 12.1 Å². The molecule has 1 amide bonds. The average molecular weight is 289 g/mol. The van der Waals surface area contributed by atoms with Crippen LogP contribution < -0.4 is 0 Å². The third kappa shape index (κ3) is 3.82. The molecule has 2 rings (SSSR count). The summed E-state index contributed by atoms with van der Waals surface area (Å²) in [6.45, 7) is 3.15. The summed E-state index contributed by atoms with van der Waals surface area (Å²) in [5.41, 5.74) is 1.30. The topological polar surface area (TPSA) is 69.2 Å². The Labute approximate surface area is 125 Å². The molecule has 0 unspecified atom stereocenters. The predicted octanol–water partition coefficient (Wildman–Crippen LogP) is 2.58. The number of unbranched alkanes of at least 4 members (excludes halogenated alkanes) is 3. The SMILES string of the molecule is CCCCCCN(CCO)C(=O)c1n[nH]c2ccccc12. The molecule has 0 aliphatic heterocycles. The number of amides is 1. The van der Waals surface area contributed by atoms with Crippen molar-refractivity contribution in [2.45, 2.75) is 32.6 Å². The molecule has 2 aromatic rings. The smallest absolute Gasteiger partial charge is 0.275 e. The van der Waals surface area contributed by atoms with E-state index in [1.165, 1.54) is 6.42 Å². The molecule has 5 nitrogen and oxygen atoms in total. The maximum atomic E-state index is 12.6. The molecular formula is C16H23N3O2. The number of nitrogens with zero attached hydrogens (tertiary/aromatic N) is 2. The van der Waals surface area contributed by atoms with Crippen LogP contribution in [0.5, 0.6) is 0 Å². The molecule has 21 heavy (non-hydrogen) atoms. The highest BCUT2D eigenvalue weighted by Crippen LogP contribution is 2.17. The molecule has 5 heteroatoms. The maximum Gasteiger partial charge on any atom is 0.275 e. The Balaban J connectivity index is 2.10. The Morgan fingerprint density at radius 3 is 2.81 bits per heavy atom. The minimum atomic E-state index is -0.113. The number of aromatic nitrogens is 2. The Hall–Kier alpha value is -1.88. The molecule has 114 valence electrons. The molecule has 0 saturated carbocycles. The van der Waals surface area contributed by atoms with Gasteiger partial charge < -0.3 is 10.0 Å². The number of nitrogens with one attached hydrogen (secondary N) is 1. The number of para-hydroxylation sites is 1. The van der Waals surface area contributed by atoms with E-state index in [1.807, 2.05) is 24.3 Å². The molecule has 0 radical (unpaired) electrons. The standard InChI is InChI=1S/C16H23N3O2/c1-2-3-4-7-10-19(11-12-20)16(21)15-13-8-5-6-9-14(13)17-18-15/h5-6,8-9,20H,2-4,7,10-12H2,1H3,(H,17,18). The zero-order valence-electron chi connectivity index (χ0n) is 12.5. The summed E-state index contributed by atoms with van der Waals surface area (Å²) < 4.78 is 0. The van der Waals surface area contributed by atoms with Crippen LogP contribution in [0, 0.1) is 0 Å². The van der Waals surface area contributed by atoms with E-state index in [1.54, 1.807) is 4.90 Å². The molecule has 0 bridgehead atoms. The molecule has 2 N–H and O–H groups in total. The van der Waals surface area contributed by atoms with Gasteiger partial charge in [0.15, 0.2) is 5.69 Å². The fourth-order valence-electron chi connectivity index (χ4n) is 2.44. The number of aliphatic hydroxyl groups is 1. The highest BCUT2D eigenvalue weighted by molar-refractivity contribution is 6.04. The normalized spacial score (nSPS) is 11.0. The van der Waals surface area contributed by atoms with E-state index in [9.17, 15) is 9.90 Å². The monoisotopic (exact) mass is 289 g/mol. The van der Waals surface area contributed by atoms with E-state index in [2.05, 4.69) is 17.1 Å². The van der Waals surface area contributed by atoms with Crippen molar-refractivity contribution in [2.24, 2.45) is 0 Å². The lowest BCUT2D eigenvalue weighted by molar-refractivity contribution is 0.0714. The van der Waals surface area contributed by atoms with Crippen LogP contribution in [0.2, 0.25) is 0 Å². The first kappa shape index (κ1) is 15.5. The third-order valence-electron chi connectivity index (χ3n) is 3.61. The van der Waals surface area contributed by atoms with Crippen LogP contribution in [0.3, 0.4) is 0 Å². The molecule has 0 atom stereocenters. The van der Waals surface area contributed by atoms with E-state index >= 15 is 0 Å². The minimum absolute atomic E-state index is 0.0259. The van der Waals surface area contributed by atoms with Crippen molar-refractivity contribution in [3.8, 4) is 0 Å². The Kier molecular flexibility index (Phi) is 5.75. The molecule has 0 saturated heterocycles. The van der Waals surface area contributed by atoms with Gasteiger partial charge in [0.2, 0.25) is 0 Å². The van der Waals surface area contributed by atoms with Crippen LogP contribution in [0.4, 0.5) is 0 Å². The van der Waals surface area contributed by atoms with Crippen LogP contribution in [-0.4, -0.2) is 45.8 Å². The van der Waals surface area contributed by atoms with Crippen molar-refractivity contribution >= 4 is 16.8 Å². The highest BCUT2D eigenvalue weighted by Gasteiger charge is 2.20. The average Bonchev–Trinajstić information content (AvgIpc) is 2.94. The second kappa shape index (κ2) is 7.78. The van der Waals surface area contributed by atoms with Gasteiger partial charge in [-0.05, 0) is 12.5 Å². The van der Waals surface area contributed by atoms with Crippen molar-refractivity contribution in [1.82, 2.24) is 15.1 Å². The summed E-state index contributed by atoms with van der Waals surface area (Å²) in [6.07, 6.45) is 4.40. The molecular weight excluding hydrogens is 266 g/mol. The Bertz CT molecular complexity index is 580. The van der Waals surface area contributed by atoms with Gasteiger partial charge >= 0.3 is 0 Å². The van der Waals surface area contributed by atoms with E-state index in [0.717, 1.165) is 30.2 Å². The molecule has 0 spiro atoms. The summed E-state index contributed by atoms with van der Waals surface area (Å²) in [6, 6.07) is 7.59. The van der Waals surface area contributed by atoms with Crippen LogP contribution in [0.25, 0.3) is 10.9 Å². The molecule has 0 fully saturated rings. The summed E-state index contributed by atoms with van der Waals surface area (Å²) in [7, 11) is 0. The van der Waals surface area contributed by atoms with E-state index in [0.29, 0.717) is 18.8 Å². The lowest BCUT2D eigenvalue weighted by Gasteiger charge is -2.20. The largest absolute Gasteiger partial charge is 0.395 e. The van der Waals surface area contributed by atoms with E-state index in [4.69, 9.17) is 0 Å². The molecule has 0 aliphatic rings. The Morgan fingerprint density at radius 2 is 2.05 bits per heavy atom. The second-order valence-electron chi connectivity index (χ2n) is 5.19. The summed E-state index contributed by atoms with van der Waals surface area (Å²) in [5, 5.41) is 17.0. The van der Waals surface area contributed by atoms with Crippen LogP contribution in [-0.2, 0) is 0 Å². The summed E-state index contributed by atoms with van der Waals surface area (Å²) in [5.74, 6) is -0.113. The van der Waals surface area contributed by atoms with Gasteiger partial charge in [0.25, 0.3) is 5.91 Å². The molecule has 1 heterocycles. The summed E-state index contributed by atoms with van der Waals surface area (Å²) in [4.78, 5) is 14.3. The fraction of sp³-hybridized carbons (Fsp3) is 0.500. The first-order valence-corrected chi connectivity index (χ1v) is 7.61. The molecule has 1 aromatic heterocycles. The van der Waals surface area contributed by atoms with Gasteiger partial charge in [-0.1, -0.05) is 44.4 Å². The second-order valence-corrected chi connectivity index (χ2v) is 5.19. The van der Waals surface area contributed by atoms with Crippen molar-refractivity contribution in [1.29, 1.82) is 0 Å². The summed E-state index contributed by atoms with van der Waals surface area (Å²) >= 11 is 0. The number of carbonyl (C=O) groups is 1. The predicted molar refractivity (Wildman–Crippen MR) is 83.2 cm³/mol. The zero-order valence-corrected chi connectivity index (χ0v) is 12.5. The number of fused-ring (bicyclic) bond motifs is 1. The third-order valence-corrected chi connectivity index (χ3v) is 3.61. The number of aromatic amines is 1. The quantitative estimate of drug-likeness (QED) is 0.734. The number of rotatable bonds is 8. The highest BCUT2D eigenvalue weighted by atomic mass is 16.3. The first-order chi connectivity index (χ1) is 10.3. The van der Waals surface area contributed by atoms with Gasteiger partial charge in [-0.3, -0.25) is 9.89 Å². The van der Waals surface area contributed by atoms with Crippen LogP contribution >= 0.6 is 0 Å². The minimum Gasteiger partial charge on any atom is -0.395 e. The van der Waals surface area contributed by atoms with Crippen LogP contribution in [0.15, 0.2) is 24.3 Å². The van der Waals surface area contributed by atoms with Crippen molar-refractivity contribution in [2.75, 3.05) is 19.7 Å². The Morgan fingerprint density at radius 1 is 1.24 bits per heavy atom. The maximum absolute atomic E-state index is 12.6. The molecule has 1 aromatic carbocycles. The van der Waals surface area contributed by atoms with Crippen molar-refractivity contribution < 1.29 is 9.90 Å². The van der Waals surface area contributed by atoms with Gasteiger partial charge in [0.1, 0.15) is 0 Å². The first-order valence-electron chi connectivity index (χ1n) is 7.61. The van der Waals surface area contributed by atoms with Crippen molar-refractivity contribution in [3.05, 3.63) is 30.0 Å². The van der Waals surface area contributed by atoms with Gasteiger partial charge in [-0.2, -0.15) is 5.10 Å². The van der Waals surface area contributed by atoms with Gasteiger partial charge in [-0.15, -0.1) is 0 Å². The number of H-pyrrole nitrogens is 1. The lowest BCUT2D eigenvalue weighted by atomic mass is 10.1. The van der Waals surface area contributed by atoms with Gasteiger partial charge in [-0.25, -0.2) is 0 Å². The molecule has 0 aliphatic carbocycles. The van der Waals surface area contributed by atoms with E-state index in [-0.39, 0.29) is 12.5 Å².